The average molecular weight is 667 g/mol. The number of hydrogen-bond acceptors (Lipinski definition) is 6. The van der Waals surface area contributed by atoms with E-state index in [-0.39, 0.29) is 23.8 Å². The summed E-state index contributed by atoms with van der Waals surface area (Å²) in [6, 6.07) is 13.9. The third-order valence-electron chi connectivity index (χ3n) is 9.60. The molecule has 2 atom stereocenters. The smallest absolute Gasteiger partial charge is 0.411 e. The molecule has 2 aromatic carbocycles. The van der Waals surface area contributed by atoms with Gasteiger partial charge >= 0.3 is 6.09 Å². The number of piperazine rings is 1. The molecule has 5 rings (SSSR count). The fourth-order valence-electron chi connectivity index (χ4n) is 7.46. The Balaban J connectivity index is 1.30. The van der Waals surface area contributed by atoms with E-state index in [0.717, 1.165) is 62.3 Å². The van der Waals surface area contributed by atoms with Crippen LogP contribution in [0.1, 0.15) is 83.0 Å². The van der Waals surface area contributed by atoms with Gasteiger partial charge in [-0.3, -0.25) is 19.4 Å². The Morgan fingerprint density at radius 1 is 1.00 bits per heavy atom. The van der Waals surface area contributed by atoms with E-state index in [1.54, 1.807) is 17.0 Å². The van der Waals surface area contributed by atoms with Crippen molar-refractivity contribution in [1.29, 1.82) is 0 Å². The van der Waals surface area contributed by atoms with Crippen molar-refractivity contribution in [3.63, 3.8) is 0 Å². The highest BCUT2D eigenvalue weighted by Gasteiger charge is 2.42. The molecule has 3 aliphatic rings. The molecule has 3 amide bonds. The number of carbonyl (C=O) groups is 3. The lowest BCUT2D eigenvalue weighted by atomic mass is 9.80. The van der Waals surface area contributed by atoms with Gasteiger partial charge in [-0.2, -0.15) is 0 Å². The monoisotopic (exact) mass is 666 g/mol. The van der Waals surface area contributed by atoms with Crippen molar-refractivity contribution in [2.24, 2.45) is 5.92 Å². The molecule has 2 aromatic rings. The minimum absolute atomic E-state index is 0.0220. The van der Waals surface area contributed by atoms with Crippen LogP contribution in [0.25, 0.3) is 0 Å². The van der Waals surface area contributed by atoms with Gasteiger partial charge in [-0.15, -0.1) is 0 Å². The van der Waals surface area contributed by atoms with E-state index in [9.17, 15) is 14.4 Å². The van der Waals surface area contributed by atoms with Gasteiger partial charge in [0.1, 0.15) is 11.6 Å². The van der Waals surface area contributed by atoms with E-state index in [1.807, 2.05) is 62.1 Å². The summed E-state index contributed by atoms with van der Waals surface area (Å²) in [7, 11) is 0. The largest absolute Gasteiger partial charge is 0.444 e. The number of amides is 3. The highest BCUT2D eigenvalue weighted by atomic mass is 35.5. The first-order chi connectivity index (χ1) is 22.3. The molecule has 47 heavy (non-hydrogen) atoms. The zero-order chi connectivity index (χ0) is 33.8. The molecule has 1 N–H and O–H groups in total. The Hall–Kier alpha value is -3.14. The topological polar surface area (TPSA) is 91.4 Å². The van der Waals surface area contributed by atoms with Crippen LogP contribution in [0.15, 0.2) is 48.5 Å². The molecule has 0 aliphatic carbocycles. The Morgan fingerprint density at radius 2 is 1.66 bits per heavy atom. The molecule has 10 heteroatoms. The zero-order valence-corrected chi connectivity index (χ0v) is 29.4. The number of hydrogen-bond donors (Lipinski definition) is 1. The van der Waals surface area contributed by atoms with Crippen LogP contribution in [0.5, 0.6) is 0 Å². The van der Waals surface area contributed by atoms with Crippen molar-refractivity contribution in [3.05, 3.63) is 70.2 Å². The van der Waals surface area contributed by atoms with Gasteiger partial charge in [-0.25, -0.2) is 4.79 Å². The molecule has 256 valence electrons. The van der Waals surface area contributed by atoms with E-state index < -0.39 is 23.8 Å². The number of nitrogens with one attached hydrogen (secondary N) is 1. The van der Waals surface area contributed by atoms with Crippen molar-refractivity contribution < 1.29 is 23.9 Å². The lowest BCUT2D eigenvalue weighted by Gasteiger charge is -2.50. The van der Waals surface area contributed by atoms with Gasteiger partial charge in [0.15, 0.2) is 0 Å². The Morgan fingerprint density at radius 3 is 2.30 bits per heavy atom. The summed E-state index contributed by atoms with van der Waals surface area (Å²) >= 11 is 6.15. The van der Waals surface area contributed by atoms with E-state index >= 15 is 0 Å². The van der Waals surface area contributed by atoms with Crippen LogP contribution in [0.3, 0.4) is 0 Å². The minimum Gasteiger partial charge on any atom is -0.444 e. The first-order valence-corrected chi connectivity index (χ1v) is 17.4. The molecular formula is C37H51ClN4O5. The van der Waals surface area contributed by atoms with Crippen molar-refractivity contribution in [3.8, 4) is 0 Å². The number of nitrogens with zero attached hydrogens (tertiary/aromatic N) is 3. The molecule has 3 aliphatic heterocycles. The van der Waals surface area contributed by atoms with Gasteiger partial charge in [0.05, 0.1) is 12.5 Å². The molecule has 0 aromatic heterocycles. The second-order valence-corrected chi connectivity index (χ2v) is 15.2. The fourth-order valence-corrected chi connectivity index (χ4v) is 7.59. The Bertz CT molecular complexity index is 1390. The molecule has 2 unspecified atom stereocenters. The molecule has 0 spiro atoms. The van der Waals surface area contributed by atoms with Crippen LogP contribution in [-0.2, 0) is 32.0 Å². The van der Waals surface area contributed by atoms with Crippen LogP contribution < -0.4 is 5.32 Å². The molecule has 9 nitrogen and oxygen atoms in total. The molecule has 0 bridgehead atoms. The Kier molecular flexibility index (Phi) is 11.2. The summed E-state index contributed by atoms with van der Waals surface area (Å²) in [5.74, 6) is 0.197. The molecule has 2 saturated heterocycles. The molecule has 0 radical (unpaired) electrons. The lowest BCUT2D eigenvalue weighted by Crippen LogP contribution is -2.62. The summed E-state index contributed by atoms with van der Waals surface area (Å²) in [5.41, 5.74) is 2.26. The third kappa shape index (κ3) is 8.86. The van der Waals surface area contributed by atoms with E-state index in [2.05, 4.69) is 24.1 Å². The molecule has 3 heterocycles. The molecule has 0 saturated carbocycles. The van der Waals surface area contributed by atoms with E-state index in [1.165, 1.54) is 0 Å². The van der Waals surface area contributed by atoms with Crippen LogP contribution in [0.2, 0.25) is 5.02 Å². The van der Waals surface area contributed by atoms with E-state index in [4.69, 9.17) is 21.1 Å². The maximum absolute atomic E-state index is 14.2. The maximum Gasteiger partial charge on any atom is 0.411 e. The normalized spacial score (nSPS) is 20.5. The van der Waals surface area contributed by atoms with Gasteiger partial charge in [0.25, 0.3) is 0 Å². The Labute approximate surface area is 284 Å². The number of carbonyl (C=O) groups excluding carboxylic acids is 3. The van der Waals surface area contributed by atoms with Gasteiger partial charge in [-0.1, -0.05) is 61.8 Å². The van der Waals surface area contributed by atoms with Gasteiger partial charge in [-0.05, 0) is 74.8 Å². The quantitative estimate of drug-likeness (QED) is 0.354. The first-order valence-electron chi connectivity index (χ1n) is 17.1. The van der Waals surface area contributed by atoms with Gasteiger partial charge in [0.2, 0.25) is 11.8 Å². The predicted octanol–water partition coefficient (Wildman–Crippen LogP) is 5.99. The summed E-state index contributed by atoms with van der Waals surface area (Å²) in [6.45, 7) is 14.8. The standard InChI is InChI=1S/C37H51ClN4O5/c1-26(2)24-37(14-20-46-21-15-37)41-18-16-40(17-19-41)34(44)31(22-27-10-12-29(38)13-11-27)39-33(43)23-32-30-9-7-6-8-28(30)25-42(32)35(45)47-36(3,4)5/h6-13,26,31-32H,14-25H2,1-5H3,(H,39,43). The first kappa shape index (κ1) is 35.2. The van der Waals surface area contributed by atoms with Crippen molar-refractivity contribution in [2.75, 3.05) is 39.4 Å². The molecular weight excluding hydrogens is 616 g/mol. The average Bonchev–Trinajstić information content (AvgIpc) is 3.39. The molecule has 2 fully saturated rings. The SMILES string of the molecule is CC(C)CC1(N2CCN(C(=O)C(Cc3ccc(Cl)cc3)NC(=O)CC3c4ccccc4CN3C(=O)OC(C)(C)C)CC2)CCOCC1. The van der Waals surface area contributed by atoms with Gasteiger partial charge in [0, 0.05) is 62.9 Å². The number of rotatable bonds is 9. The van der Waals surface area contributed by atoms with Crippen LogP contribution in [0.4, 0.5) is 4.79 Å². The van der Waals surface area contributed by atoms with Crippen molar-refractivity contribution in [2.45, 2.75) is 96.5 Å². The maximum atomic E-state index is 14.2. The summed E-state index contributed by atoms with van der Waals surface area (Å²) < 4.78 is 11.4. The van der Waals surface area contributed by atoms with Gasteiger partial charge < -0.3 is 19.7 Å². The van der Waals surface area contributed by atoms with Crippen molar-refractivity contribution >= 4 is 29.5 Å². The van der Waals surface area contributed by atoms with Crippen LogP contribution in [-0.4, -0.2) is 89.2 Å². The highest BCUT2D eigenvalue weighted by molar-refractivity contribution is 6.30. The van der Waals surface area contributed by atoms with Crippen LogP contribution in [0, 0.1) is 5.92 Å². The lowest BCUT2D eigenvalue weighted by molar-refractivity contribution is -0.140. The highest BCUT2D eigenvalue weighted by Crippen LogP contribution is 2.37. The van der Waals surface area contributed by atoms with Crippen molar-refractivity contribution in [1.82, 2.24) is 20.0 Å². The summed E-state index contributed by atoms with van der Waals surface area (Å²) in [4.78, 5) is 47.3. The predicted molar refractivity (Wildman–Crippen MR) is 183 cm³/mol. The summed E-state index contributed by atoms with van der Waals surface area (Å²) in [6.07, 6.45) is 3.04. The minimum atomic E-state index is -0.755. The third-order valence-corrected chi connectivity index (χ3v) is 9.85. The zero-order valence-electron chi connectivity index (χ0n) is 28.6. The fraction of sp³-hybridized carbons (Fsp3) is 0.595. The summed E-state index contributed by atoms with van der Waals surface area (Å²) in [5, 5.41) is 3.69. The second kappa shape index (κ2) is 15.0. The number of benzene rings is 2. The van der Waals surface area contributed by atoms with E-state index in [0.29, 0.717) is 37.0 Å². The number of ether oxygens (including phenoxy) is 2. The number of fused-ring (bicyclic) bond motifs is 1. The number of halogens is 1. The second-order valence-electron chi connectivity index (χ2n) is 14.7. The van der Waals surface area contributed by atoms with Crippen LogP contribution >= 0.6 is 11.6 Å².